The van der Waals surface area contributed by atoms with Crippen molar-refractivity contribution in [1.82, 2.24) is 10.2 Å². The van der Waals surface area contributed by atoms with E-state index in [0.717, 1.165) is 25.7 Å². The molecule has 1 heterocycles. The average Bonchev–Trinajstić information content (AvgIpc) is 2.75. The Morgan fingerprint density at radius 3 is 2.22 bits per heavy atom. The fraction of sp³-hybridized carbons (Fsp3) is 0.765. The van der Waals surface area contributed by atoms with Crippen LogP contribution >= 0.6 is 0 Å². The van der Waals surface area contributed by atoms with Gasteiger partial charge in [-0.25, -0.2) is 9.79 Å². The smallest absolute Gasteiger partial charge is 0.335 e. The number of amides is 2. The fourth-order valence-electron chi connectivity index (χ4n) is 4.01. The van der Waals surface area contributed by atoms with Gasteiger partial charge in [0.15, 0.2) is 11.6 Å². The van der Waals surface area contributed by atoms with E-state index in [0.29, 0.717) is 13.1 Å². The summed E-state index contributed by atoms with van der Waals surface area (Å²) in [4.78, 5) is 42.1. The van der Waals surface area contributed by atoms with Gasteiger partial charge in [0.05, 0.1) is 6.04 Å². The van der Waals surface area contributed by atoms with Gasteiger partial charge in [0.25, 0.3) is 0 Å². The molecule has 2 amide bonds. The molecule has 10 heteroatoms. The molecule has 27 heavy (non-hydrogen) atoms. The van der Waals surface area contributed by atoms with Gasteiger partial charge in [-0.2, -0.15) is 0 Å². The largest absolute Gasteiger partial charge is 0.479 e. The van der Waals surface area contributed by atoms with E-state index in [4.69, 9.17) is 11.5 Å². The zero-order valence-electron chi connectivity index (χ0n) is 15.6. The zero-order chi connectivity index (χ0) is 20.2. The Morgan fingerprint density at radius 2 is 1.74 bits per heavy atom. The minimum absolute atomic E-state index is 0.228. The average molecular weight is 383 g/mol. The van der Waals surface area contributed by atoms with Gasteiger partial charge in [-0.15, -0.1) is 0 Å². The van der Waals surface area contributed by atoms with E-state index in [1.807, 2.05) is 0 Å². The molecule has 152 valence electrons. The number of aliphatic carboxylic acids is 1. The zero-order valence-corrected chi connectivity index (χ0v) is 15.6. The number of nitrogens with one attached hydrogen (secondary N) is 1. The molecule has 0 radical (unpaired) electrons. The molecule has 10 nitrogen and oxygen atoms in total. The molecule has 0 spiro atoms. The molecule has 1 saturated heterocycles. The number of carbonyl (C=O) groups is 3. The quantitative estimate of drug-likeness (QED) is 0.292. The summed E-state index contributed by atoms with van der Waals surface area (Å²) < 4.78 is 0. The third-order valence-electron chi connectivity index (χ3n) is 5.30. The number of hydrogen-bond acceptors (Lipinski definition) is 5. The Balaban J connectivity index is 2.33. The van der Waals surface area contributed by atoms with E-state index in [-0.39, 0.29) is 24.7 Å². The van der Waals surface area contributed by atoms with E-state index in [2.05, 4.69) is 10.3 Å². The SMILES string of the molecule is CC(=O)NC(C(=O)N1CCCCCC1)[C@H]1C[C@](O)(C(=O)O)C[C@@H]1N=C(N)N. The maximum atomic E-state index is 13.2. The topological polar surface area (TPSA) is 171 Å². The van der Waals surface area contributed by atoms with Crippen molar-refractivity contribution in [2.24, 2.45) is 22.4 Å². The highest BCUT2D eigenvalue weighted by Crippen LogP contribution is 2.39. The molecule has 0 aromatic heterocycles. The Bertz CT molecular complexity index is 613. The highest BCUT2D eigenvalue weighted by molar-refractivity contribution is 5.88. The van der Waals surface area contributed by atoms with Crippen molar-refractivity contribution >= 4 is 23.7 Å². The summed E-state index contributed by atoms with van der Waals surface area (Å²) in [5.74, 6) is -3.10. The first-order chi connectivity index (χ1) is 12.6. The van der Waals surface area contributed by atoms with Crippen LogP contribution in [0.5, 0.6) is 0 Å². The minimum atomic E-state index is -2.05. The molecule has 0 aromatic rings. The summed E-state index contributed by atoms with van der Waals surface area (Å²) in [7, 11) is 0. The van der Waals surface area contributed by atoms with E-state index >= 15 is 0 Å². The Labute approximate surface area is 158 Å². The normalized spacial score (nSPS) is 29.5. The van der Waals surface area contributed by atoms with E-state index < -0.39 is 35.5 Å². The summed E-state index contributed by atoms with van der Waals surface area (Å²) in [5, 5.41) is 22.5. The second-order valence-electron chi connectivity index (χ2n) is 7.45. The van der Waals surface area contributed by atoms with Gasteiger partial charge in [-0.05, 0) is 19.3 Å². The maximum Gasteiger partial charge on any atom is 0.335 e. The summed E-state index contributed by atoms with van der Waals surface area (Å²) >= 11 is 0. The number of likely N-dealkylation sites (tertiary alicyclic amines) is 1. The number of carboxylic acids is 1. The van der Waals surface area contributed by atoms with Crippen molar-refractivity contribution in [2.75, 3.05) is 13.1 Å². The first kappa shape index (κ1) is 20.9. The number of carboxylic acid groups (broad SMARTS) is 1. The summed E-state index contributed by atoms with van der Waals surface area (Å²) in [6.45, 7) is 2.45. The van der Waals surface area contributed by atoms with Crippen molar-refractivity contribution in [3.05, 3.63) is 0 Å². The van der Waals surface area contributed by atoms with Crippen molar-refractivity contribution in [1.29, 1.82) is 0 Å². The predicted molar refractivity (Wildman–Crippen MR) is 97.6 cm³/mol. The number of aliphatic imine (C=N–C) groups is 1. The Morgan fingerprint density at radius 1 is 1.15 bits per heavy atom. The third-order valence-corrected chi connectivity index (χ3v) is 5.30. The second-order valence-corrected chi connectivity index (χ2v) is 7.45. The number of nitrogens with two attached hydrogens (primary N) is 2. The van der Waals surface area contributed by atoms with Crippen LogP contribution < -0.4 is 16.8 Å². The molecule has 0 bridgehead atoms. The third kappa shape index (κ3) is 5.09. The van der Waals surface area contributed by atoms with Crippen LogP contribution in [0.15, 0.2) is 4.99 Å². The van der Waals surface area contributed by atoms with Crippen molar-refractivity contribution in [3.63, 3.8) is 0 Å². The molecular weight excluding hydrogens is 354 g/mol. The lowest BCUT2D eigenvalue weighted by Crippen LogP contribution is -2.54. The number of carbonyl (C=O) groups excluding carboxylic acids is 2. The summed E-state index contributed by atoms with van der Waals surface area (Å²) in [6, 6.07) is -1.79. The highest BCUT2D eigenvalue weighted by atomic mass is 16.4. The minimum Gasteiger partial charge on any atom is -0.479 e. The lowest BCUT2D eigenvalue weighted by Gasteiger charge is -2.31. The molecule has 1 aliphatic heterocycles. The van der Waals surface area contributed by atoms with Gasteiger partial charge in [0, 0.05) is 32.4 Å². The van der Waals surface area contributed by atoms with Crippen LogP contribution in [0.4, 0.5) is 0 Å². The van der Waals surface area contributed by atoms with Gasteiger partial charge < -0.3 is 31.9 Å². The number of aliphatic hydroxyl groups is 1. The van der Waals surface area contributed by atoms with E-state index in [1.165, 1.54) is 6.92 Å². The van der Waals surface area contributed by atoms with Crippen LogP contribution in [-0.2, 0) is 14.4 Å². The molecule has 1 saturated carbocycles. The first-order valence-corrected chi connectivity index (χ1v) is 9.24. The number of guanidine groups is 1. The number of hydrogen-bond donors (Lipinski definition) is 5. The lowest BCUT2D eigenvalue weighted by molar-refractivity contribution is -0.158. The van der Waals surface area contributed by atoms with Gasteiger partial charge >= 0.3 is 5.97 Å². The van der Waals surface area contributed by atoms with Crippen LogP contribution in [0.25, 0.3) is 0 Å². The van der Waals surface area contributed by atoms with E-state index in [1.54, 1.807) is 4.90 Å². The first-order valence-electron chi connectivity index (χ1n) is 9.24. The van der Waals surface area contributed by atoms with Gasteiger partial charge in [0.1, 0.15) is 6.04 Å². The molecule has 4 atom stereocenters. The van der Waals surface area contributed by atoms with Crippen molar-refractivity contribution in [2.45, 2.75) is 63.1 Å². The predicted octanol–water partition coefficient (Wildman–Crippen LogP) is -1.24. The van der Waals surface area contributed by atoms with Gasteiger partial charge in [0.2, 0.25) is 11.8 Å². The van der Waals surface area contributed by atoms with Crippen LogP contribution in [0.1, 0.15) is 45.4 Å². The van der Waals surface area contributed by atoms with Gasteiger partial charge in [-0.3, -0.25) is 9.59 Å². The van der Waals surface area contributed by atoms with Crippen LogP contribution in [0.3, 0.4) is 0 Å². The summed E-state index contributed by atoms with van der Waals surface area (Å²) in [5.41, 5.74) is 8.86. The Kier molecular flexibility index (Phi) is 6.63. The molecule has 7 N–H and O–H groups in total. The molecule has 1 unspecified atom stereocenters. The van der Waals surface area contributed by atoms with Crippen molar-refractivity contribution in [3.8, 4) is 0 Å². The van der Waals surface area contributed by atoms with Crippen LogP contribution in [-0.4, -0.2) is 69.6 Å². The van der Waals surface area contributed by atoms with Gasteiger partial charge in [-0.1, -0.05) is 12.8 Å². The van der Waals surface area contributed by atoms with Crippen LogP contribution in [0.2, 0.25) is 0 Å². The standard InChI is InChI=1S/C17H29N5O5/c1-10(23)20-13(14(24)22-6-4-2-3-5-7-22)11-8-17(27,15(25)26)9-12(11)21-16(18)19/h11-13,27H,2-9H2,1H3,(H,20,23)(H,25,26)(H4,18,19,21)/t11-,12-,13?,17+/m0/s1. The maximum absolute atomic E-state index is 13.2. The number of rotatable bonds is 5. The Hall–Kier alpha value is -2.36. The highest BCUT2D eigenvalue weighted by Gasteiger charge is 2.53. The number of nitrogens with zero attached hydrogens (tertiary/aromatic N) is 2. The molecule has 2 rings (SSSR count). The lowest BCUT2D eigenvalue weighted by atomic mass is 9.91. The molecule has 2 fully saturated rings. The molecule has 1 aliphatic carbocycles. The molecular formula is C17H29N5O5. The van der Waals surface area contributed by atoms with Crippen molar-refractivity contribution < 1.29 is 24.6 Å². The fourth-order valence-corrected chi connectivity index (χ4v) is 4.01. The molecule has 0 aromatic carbocycles. The second kappa shape index (κ2) is 8.55. The monoisotopic (exact) mass is 383 g/mol. The van der Waals surface area contributed by atoms with Crippen LogP contribution in [0, 0.1) is 5.92 Å². The van der Waals surface area contributed by atoms with E-state index in [9.17, 15) is 24.6 Å². The summed E-state index contributed by atoms with van der Waals surface area (Å²) in [6.07, 6.45) is 3.36. The molecule has 2 aliphatic rings.